The Bertz CT molecular complexity index is 5630. The minimum atomic E-state index is -0.554. The van der Waals surface area contributed by atoms with E-state index in [-0.39, 0.29) is 139 Å². The molecule has 2 N–H and O–H groups in total. The van der Waals surface area contributed by atoms with Crippen molar-refractivity contribution in [2.24, 2.45) is 0 Å². The lowest BCUT2D eigenvalue weighted by Crippen LogP contribution is -2.22. The summed E-state index contributed by atoms with van der Waals surface area (Å²) in [5.74, 6) is 1.82. The number of rotatable bonds is 60. The Kier molecular flexibility index (Phi) is 50.5. The van der Waals surface area contributed by atoms with Gasteiger partial charge in [0.15, 0.2) is 54.3 Å². The molecule has 0 heterocycles. The molecule has 0 spiro atoms. The molecule has 11 rings (SSSR count). The monoisotopic (exact) mass is 2020 g/mol. The van der Waals surface area contributed by atoms with E-state index in [1.807, 2.05) is 36.4 Å². The second-order valence-corrected chi connectivity index (χ2v) is 32.1. The number of methoxy groups -OCH3 is 2. The number of aliphatic hydroxyl groups is 2. The summed E-state index contributed by atoms with van der Waals surface area (Å²) in [5, 5.41) is 18.2. The molecule has 36 nitrogen and oxygen atoms in total. The third-order valence-electron chi connectivity index (χ3n) is 20.3. The number of carbonyl (C=O) groups excluding carboxylic acids is 8. The number of ether oxygens (including phenoxy) is 26. The van der Waals surface area contributed by atoms with E-state index in [0.29, 0.717) is 107 Å². The zero-order chi connectivity index (χ0) is 104. The van der Waals surface area contributed by atoms with E-state index in [1.54, 1.807) is 312 Å². The largest absolute Gasteiger partial charge is 0.497 e. The number of benzene rings is 11. The van der Waals surface area contributed by atoms with E-state index in [4.69, 9.17) is 133 Å². The summed E-state index contributed by atoms with van der Waals surface area (Å²) < 4.78 is 142. The van der Waals surface area contributed by atoms with Crippen LogP contribution in [0.15, 0.2) is 279 Å². The van der Waals surface area contributed by atoms with Crippen molar-refractivity contribution in [2.75, 3.05) is 121 Å². The van der Waals surface area contributed by atoms with Gasteiger partial charge in [0.25, 0.3) is 0 Å². The Labute approximate surface area is 846 Å². The SMILES string of the molecule is CC(COC(=O)c1ccccc1)OCOc1ccc(C(=O)OCC(C)OCOc2ccccc2)cc1.COc1ccc(OCOC(C)COC(=O)c2ccc(OCOC(C)COC(=O)c3ccc(CO)cc3)cc2)cc1.COc1ccc(OCOC(C)COC(=O)c2ccc(OCOC(C)COC(=O)c3ccc(OCOC(C)COC(=O)c4ccc(OCOC(C)COC(=O)c5ccc(CO)cc5)cc4)cc3)cc2)cc1. The number of carbonyl (C=O) groups is 8. The van der Waals surface area contributed by atoms with Gasteiger partial charge in [0.2, 0.25) is 0 Å². The zero-order valence-corrected chi connectivity index (χ0v) is 82.7. The molecule has 146 heavy (non-hydrogen) atoms. The predicted molar refractivity (Wildman–Crippen MR) is 526 cm³/mol. The van der Waals surface area contributed by atoms with Gasteiger partial charge in [0, 0.05) is 0 Å². The number of hydrogen-bond acceptors (Lipinski definition) is 36. The van der Waals surface area contributed by atoms with Crippen LogP contribution in [0.3, 0.4) is 0 Å². The molecule has 778 valence electrons. The number of hydrogen-bond donors (Lipinski definition) is 2. The van der Waals surface area contributed by atoms with Crippen LogP contribution >= 0.6 is 0 Å². The average Bonchev–Trinajstić information content (AvgIpc) is 0.891. The van der Waals surface area contributed by atoms with E-state index in [1.165, 1.54) is 0 Å². The lowest BCUT2D eigenvalue weighted by molar-refractivity contribution is -0.0548. The standard InChI is InChI=1S/C52H58O18.C30H34O10.C28H30O8/c1-35(27-59-49(54)40-8-6-39(26-53)7-9-40)63-31-67-45-16-10-41(11-17-45)50(55)60-28-36(2)64-32-68-46-18-12-42(13-19-46)51(56)61-29-37(3)65-33-69-47-20-14-43(15-21-47)52(57)62-30-38(4)66-34-70-48-24-22-44(58-5)23-25-48;1-21(17-35-29(32)24-6-4-23(16-31)5-7-24)37-19-39-27-10-8-25(9-11-27)30(33)36-18-22(2)38-20-40-28-14-12-26(34-3)13-15-28;1-21(17-31-27(29)23-9-5-3-6-10-23)34-20-36-26-15-13-24(14-16-26)28(30)32-18-22(2)33-19-35-25-11-7-4-8-12-25/h6-25,35-38,53H,26-34H2,1-5H3;4-15,21-22,31H,16-20H2,1-3H3;3-16,21-22H,17-20H2,1-2H3. The minimum absolute atomic E-state index is 0.0105. The first-order valence-electron chi connectivity index (χ1n) is 46.4. The lowest BCUT2D eigenvalue weighted by atomic mass is 10.1. The van der Waals surface area contributed by atoms with Gasteiger partial charge in [0.1, 0.15) is 110 Å². The molecule has 0 radical (unpaired) electrons. The molecule has 0 saturated carbocycles. The molecule has 0 bridgehead atoms. The molecule has 0 aliphatic rings. The van der Waals surface area contributed by atoms with E-state index in [0.717, 1.165) is 5.75 Å². The number of esters is 8. The first-order chi connectivity index (χ1) is 70.8. The van der Waals surface area contributed by atoms with Gasteiger partial charge in [-0.1, -0.05) is 60.7 Å². The van der Waals surface area contributed by atoms with Crippen LogP contribution in [0.25, 0.3) is 0 Å². The summed E-state index contributed by atoms with van der Waals surface area (Å²) in [5.41, 5.74) is 4.34. The molecule has 8 atom stereocenters. The maximum Gasteiger partial charge on any atom is 0.338 e. The van der Waals surface area contributed by atoms with Crippen LogP contribution < -0.4 is 47.4 Å². The molecular formula is C110H122O36. The molecule has 8 unspecified atom stereocenters. The number of aliphatic hydroxyl groups excluding tert-OH is 2. The highest BCUT2D eigenvalue weighted by Gasteiger charge is 2.21. The fourth-order valence-electron chi connectivity index (χ4n) is 11.7. The van der Waals surface area contributed by atoms with E-state index in [2.05, 4.69) is 0 Å². The van der Waals surface area contributed by atoms with Crippen LogP contribution in [0.5, 0.6) is 57.5 Å². The first-order valence-corrected chi connectivity index (χ1v) is 46.4. The van der Waals surface area contributed by atoms with Crippen molar-refractivity contribution in [3.63, 3.8) is 0 Å². The highest BCUT2D eigenvalue weighted by atomic mass is 16.7. The molecule has 0 fully saturated rings. The van der Waals surface area contributed by atoms with Crippen molar-refractivity contribution in [2.45, 2.75) is 117 Å². The lowest BCUT2D eigenvalue weighted by Gasteiger charge is -2.15. The maximum atomic E-state index is 12.6. The Balaban J connectivity index is 0.000000264. The molecule has 0 aliphatic carbocycles. The van der Waals surface area contributed by atoms with Gasteiger partial charge in [-0.2, -0.15) is 0 Å². The quantitative estimate of drug-likeness (QED) is 0.0203. The summed E-state index contributed by atoms with van der Waals surface area (Å²) in [6, 6.07) is 77.1. The Morgan fingerprint density at radius 1 is 0.185 bits per heavy atom. The van der Waals surface area contributed by atoms with Crippen LogP contribution in [0, 0.1) is 0 Å². The zero-order valence-electron chi connectivity index (χ0n) is 82.7. The van der Waals surface area contributed by atoms with Crippen molar-refractivity contribution < 1.29 is 172 Å². The van der Waals surface area contributed by atoms with Gasteiger partial charge < -0.3 is 133 Å². The van der Waals surface area contributed by atoms with Gasteiger partial charge in [-0.3, -0.25) is 0 Å². The summed E-state index contributed by atoms with van der Waals surface area (Å²) in [4.78, 5) is 98.7. The van der Waals surface area contributed by atoms with Crippen LogP contribution in [0.1, 0.15) is 149 Å². The van der Waals surface area contributed by atoms with E-state index in [9.17, 15) is 38.4 Å². The fourth-order valence-corrected chi connectivity index (χ4v) is 11.7. The molecular weight excluding hydrogens is 1900 g/mol. The maximum absolute atomic E-state index is 12.6. The van der Waals surface area contributed by atoms with E-state index >= 15 is 0 Å². The predicted octanol–water partition coefficient (Wildman–Crippen LogP) is 16.8. The molecule has 0 saturated heterocycles. The van der Waals surface area contributed by atoms with Crippen LogP contribution in [0.2, 0.25) is 0 Å². The van der Waals surface area contributed by atoms with Gasteiger partial charge >= 0.3 is 47.8 Å². The van der Waals surface area contributed by atoms with Gasteiger partial charge in [0.05, 0.1) is 121 Å². The van der Waals surface area contributed by atoms with Crippen molar-refractivity contribution in [1.29, 1.82) is 0 Å². The molecule has 0 aliphatic heterocycles. The molecule has 0 aromatic heterocycles. The summed E-state index contributed by atoms with van der Waals surface area (Å²) in [7, 11) is 3.18. The smallest absolute Gasteiger partial charge is 0.338 e. The van der Waals surface area contributed by atoms with Crippen LogP contribution in [0.4, 0.5) is 0 Å². The topological polar surface area (TPSA) is 417 Å². The third kappa shape index (κ3) is 43.9. The van der Waals surface area contributed by atoms with Crippen LogP contribution in [-0.4, -0.2) is 228 Å². The van der Waals surface area contributed by atoms with Crippen LogP contribution in [-0.2, 0) is 89.0 Å². The summed E-state index contributed by atoms with van der Waals surface area (Å²) in [6.45, 7) is 13.7. The second kappa shape index (κ2) is 64.4. The molecule has 11 aromatic carbocycles. The van der Waals surface area contributed by atoms with Crippen molar-refractivity contribution in [3.05, 3.63) is 335 Å². The second-order valence-electron chi connectivity index (χ2n) is 32.1. The minimum Gasteiger partial charge on any atom is -0.497 e. The van der Waals surface area contributed by atoms with Crippen molar-refractivity contribution in [3.8, 4) is 57.5 Å². The Morgan fingerprint density at radius 3 is 0.486 bits per heavy atom. The number of para-hydroxylation sites is 1. The highest BCUT2D eigenvalue weighted by molar-refractivity contribution is 5.93. The Hall–Kier alpha value is -15.2. The molecule has 11 aromatic rings. The fraction of sp³-hybridized carbons (Fsp3) is 0.327. The van der Waals surface area contributed by atoms with Gasteiger partial charge in [-0.25, -0.2) is 38.4 Å². The van der Waals surface area contributed by atoms with Gasteiger partial charge in [-0.15, -0.1) is 0 Å². The van der Waals surface area contributed by atoms with Crippen molar-refractivity contribution in [1.82, 2.24) is 0 Å². The first kappa shape index (κ1) is 114. The highest BCUT2D eigenvalue weighted by Crippen LogP contribution is 2.25. The molecule has 36 heteroatoms. The molecule has 0 amide bonds. The average molecular weight is 2020 g/mol. The van der Waals surface area contributed by atoms with Crippen molar-refractivity contribution >= 4 is 47.8 Å². The summed E-state index contributed by atoms with van der Waals surface area (Å²) >= 11 is 0. The summed E-state index contributed by atoms with van der Waals surface area (Å²) in [6.07, 6.45) is -3.26. The van der Waals surface area contributed by atoms with E-state index < -0.39 is 78.3 Å². The third-order valence-corrected chi connectivity index (χ3v) is 20.3. The Morgan fingerprint density at radius 2 is 0.322 bits per heavy atom. The van der Waals surface area contributed by atoms with Gasteiger partial charge in [-0.05, 0) is 285 Å². The normalized spacial score (nSPS) is 12.4.